The predicted octanol–water partition coefficient (Wildman–Crippen LogP) is 3.60. The van der Waals surface area contributed by atoms with Crippen molar-refractivity contribution in [3.05, 3.63) is 29.8 Å². The quantitative estimate of drug-likeness (QED) is 0.569. The van der Waals surface area contributed by atoms with Gasteiger partial charge in [-0.1, -0.05) is 45.9 Å². The van der Waals surface area contributed by atoms with Crippen LogP contribution in [-0.2, 0) is 20.7 Å². The Morgan fingerprint density at radius 3 is 2.18 bits per heavy atom. The van der Waals surface area contributed by atoms with E-state index in [1.54, 1.807) is 24.3 Å². The van der Waals surface area contributed by atoms with Gasteiger partial charge in [0.2, 0.25) is 0 Å². The summed E-state index contributed by atoms with van der Waals surface area (Å²) in [5.74, 6) is 0.480. The largest absolute Gasteiger partial charge is 0.513 e. The molecule has 0 amide bonds. The van der Waals surface area contributed by atoms with Crippen molar-refractivity contribution < 1.29 is 23.8 Å². The average Bonchev–Trinajstić information content (AvgIpc) is 2.45. The van der Waals surface area contributed by atoms with Crippen LogP contribution in [0.1, 0.15) is 33.3 Å². The van der Waals surface area contributed by atoms with E-state index in [1.807, 2.05) is 27.7 Å². The minimum absolute atomic E-state index is 0.0559. The molecule has 5 heteroatoms. The van der Waals surface area contributed by atoms with Crippen LogP contribution in [0.15, 0.2) is 24.3 Å². The fourth-order valence-electron chi connectivity index (χ4n) is 1.57. The molecule has 0 aromatic heterocycles. The molecule has 0 bridgehead atoms. The standard InChI is InChI=1S/C17H24O5/c1-12(2)10-20-16(18)9-14-7-5-6-8-15(14)22-17(19)21-11-13(3)4/h5-8,12-13H,9-11H2,1-4H3. The molecular formula is C17H24O5. The fraction of sp³-hybridized carbons (Fsp3) is 0.529. The van der Waals surface area contributed by atoms with Gasteiger partial charge in [-0.15, -0.1) is 0 Å². The van der Waals surface area contributed by atoms with E-state index in [2.05, 4.69) is 0 Å². The van der Waals surface area contributed by atoms with Gasteiger partial charge in [-0.05, 0) is 17.9 Å². The van der Waals surface area contributed by atoms with Crippen molar-refractivity contribution in [2.45, 2.75) is 34.1 Å². The number of rotatable bonds is 7. The van der Waals surface area contributed by atoms with Crippen molar-refractivity contribution in [1.82, 2.24) is 0 Å². The van der Waals surface area contributed by atoms with Crippen LogP contribution in [0, 0.1) is 11.8 Å². The zero-order valence-electron chi connectivity index (χ0n) is 13.6. The van der Waals surface area contributed by atoms with Gasteiger partial charge in [-0.25, -0.2) is 4.79 Å². The van der Waals surface area contributed by atoms with Crippen molar-refractivity contribution in [3.63, 3.8) is 0 Å². The van der Waals surface area contributed by atoms with E-state index in [0.29, 0.717) is 17.9 Å². The molecule has 0 heterocycles. The Bertz CT molecular complexity index is 449. The Morgan fingerprint density at radius 2 is 1.55 bits per heavy atom. The number of hydrogen-bond acceptors (Lipinski definition) is 5. The molecule has 0 fully saturated rings. The first-order valence-electron chi connectivity index (χ1n) is 7.46. The summed E-state index contributed by atoms with van der Waals surface area (Å²) in [5, 5.41) is 0. The molecular weight excluding hydrogens is 284 g/mol. The highest BCUT2D eigenvalue weighted by molar-refractivity contribution is 5.74. The lowest BCUT2D eigenvalue weighted by Gasteiger charge is -2.11. The number of ether oxygens (including phenoxy) is 3. The number of carbonyl (C=O) groups excluding carboxylic acids is 2. The van der Waals surface area contributed by atoms with Gasteiger partial charge in [-0.3, -0.25) is 4.79 Å². The Balaban J connectivity index is 2.61. The molecule has 0 atom stereocenters. The fourth-order valence-corrected chi connectivity index (χ4v) is 1.57. The van der Waals surface area contributed by atoms with Gasteiger partial charge >= 0.3 is 12.1 Å². The minimum atomic E-state index is -0.767. The van der Waals surface area contributed by atoms with Crippen LogP contribution in [0.3, 0.4) is 0 Å². The molecule has 0 spiro atoms. The summed E-state index contributed by atoms with van der Waals surface area (Å²) in [6.45, 7) is 8.47. The molecule has 122 valence electrons. The third-order valence-electron chi connectivity index (χ3n) is 2.61. The third-order valence-corrected chi connectivity index (χ3v) is 2.61. The average molecular weight is 308 g/mol. The van der Waals surface area contributed by atoms with E-state index < -0.39 is 6.16 Å². The summed E-state index contributed by atoms with van der Waals surface area (Å²) < 4.78 is 15.3. The Labute approximate surface area is 131 Å². The van der Waals surface area contributed by atoms with Gasteiger partial charge in [-0.2, -0.15) is 0 Å². The summed E-state index contributed by atoms with van der Waals surface area (Å²) in [6.07, 6.45) is -0.711. The van der Waals surface area contributed by atoms with Crippen molar-refractivity contribution in [2.24, 2.45) is 11.8 Å². The van der Waals surface area contributed by atoms with Gasteiger partial charge in [0.05, 0.1) is 19.6 Å². The summed E-state index contributed by atoms with van der Waals surface area (Å²) in [7, 11) is 0. The second-order valence-electron chi connectivity index (χ2n) is 5.92. The second-order valence-corrected chi connectivity index (χ2v) is 5.92. The highest BCUT2D eigenvalue weighted by atomic mass is 16.7. The summed E-state index contributed by atoms with van der Waals surface area (Å²) in [6, 6.07) is 6.86. The van der Waals surface area contributed by atoms with Gasteiger partial charge in [0.15, 0.2) is 0 Å². The van der Waals surface area contributed by atoms with Gasteiger partial charge in [0.1, 0.15) is 5.75 Å². The van der Waals surface area contributed by atoms with E-state index in [-0.39, 0.29) is 30.8 Å². The van der Waals surface area contributed by atoms with Crippen molar-refractivity contribution >= 4 is 12.1 Å². The van der Waals surface area contributed by atoms with E-state index in [0.717, 1.165) is 0 Å². The molecule has 0 saturated carbocycles. The van der Waals surface area contributed by atoms with Crippen molar-refractivity contribution in [3.8, 4) is 5.75 Å². The van der Waals surface area contributed by atoms with Gasteiger partial charge in [0, 0.05) is 5.56 Å². The molecule has 0 aliphatic carbocycles. The maximum absolute atomic E-state index is 11.8. The topological polar surface area (TPSA) is 61.8 Å². The van der Waals surface area contributed by atoms with Gasteiger partial charge < -0.3 is 14.2 Å². The van der Waals surface area contributed by atoms with Crippen LogP contribution in [0.4, 0.5) is 4.79 Å². The van der Waals surface area contributed by atoms with Crippen LogP contribution in [-0.4, -0.2) is 25.3 Å². The Hall–Kier alpha value is -2.04. The van der Waals surface area contributed by atoms with Crippen LogP contribution in [0.25, 0.3) is 0 Å². The number of esters is 1. The highest BCUT2D eigenvalue weighted by Gasteiger charge is 2.14. The monoisotopic (exact) mass is 308 g/mol. The highest BCUT2D eigenvalue weighted by Crippen LogP contribution is 2.19. The first-order valence-corrected chi connectivity index (χ1v) is 7.46. The lowest BCUT2D eigenvalue weighted by atomic mass is 10.1. The zero-order chi connectivity index (χ0) is 16.5. The summed E-state index contributed by atoms with van der Waals surface area (Å²) in [5.41, 5.74) is 0.595. The lowest BCUT2D eigenvalue weighted by Crippen LogP contribution is -2.16. The van der Waals surface area contributed by atoms with E-state index in [4.69, 9.17) is 14.2 Å². The lowest BCUT2D eigenvalue weighted by molar-refractivity contribution is -0.143. The Morgan fingerprint density at radius 1 is 0.955 bits per heavy atom. The normalized spacial score (nSPS) is 10.6. The molecule has 1 aromatic rings. The molecule has 1 rings (SSSR count). The predicted molar refractivity (Wildman–Crippen MR) is 82.8 cm³/mol. The number of benzene rings is 1. The first kappa shape index (κ1) is 18.0. The molecule has 0 unspecified atom stereocenters. The number of hydrogen-bond donors (Lipinski definition) is 0. The van der Waals surface area contributed by atoms with Crippen molar-refractivity contribution in [1.29, 1.82) is 0 Å². The molecule has 0 N–H and O–H groups in total. The second kappa shape index (κ2) is 9.07. The first-order chi connectivity index (χ1) is 10.4. The maximum Gasteiger partial charge on any atom is 0.513 e. The Kier molecular flexibility index (Phi) is 7.43. The minimum Gasteiger partial charge on any atom is -0.465 e. The van der Waals surface area contributed by atoms with Gasteiger partial charge in [0.25, 0.3) is 0 Å². The summed E-state index contributed by atoms with van der Waals surface area (Å²) in [4.78, 5) is 23.4. The molecule has 0 aliphatic rings. The molecule has 0 aliphatic heterocycles. The number of carbonyl (C=O) groups is 2. The smallest absolute Gasteiger partial charge is 0.465 e. The van der Waals surface area contributed by atoms with E-state index in [1.165, 1.54) is 0 Å². The van der Waals surface area contributed by atoms with E-state index >= 15 is 0 Å². The molecule has 1 aromatic carbocycles. The van der Waals surface area contributed by atoms with E-state index in [9.17, 15) is 9.59 Å². The maximum atomic E-state index is 11.8. The summed E-state index contributed by atoms with van der Waals surface area (Å²) >= 11 is 0. The van der Waals surface area contributed by atoms with Crippen molar-refractivity contribution in [2.75, 3.05) is 13.2 Å². The third kappa shape index (κ3) is 7.11. The van der Waals surface area contributed by atoms with Crippen LogP contribution >= 0.6 is 0 Å². The van der Waals surface area contributed by atoms with Crippen LogP contribution in [0.5, 0.6) is 5.75 Å². The molecule has 22 heavy (non-hydrogen) atoms. The number of para-hydroxylation sites is 1. The zero-order valence-corrected chi connectivity index (χ0v) is 13.6. The molecule has 0 radical (unpaired) electrons. The SMILES string of the molecule is CC(C)COC(=O)Cc1ccccc1OC(=O)OCC(C)C. The van der Waals surface area contributed by atoms with Crippen LogP contribution < -0.4 is 4.74 Å². The van der Waals surface area contributed by atoms with Crippen LogP contribution in [0.2, 0.25) is 0 Å². The molecule has 5 nitrogen and oxygen atoms in total. The molecule has 0 saturated heterocycles.